The maximum absolute atomic E-state index is 11.3. The van der Waals surface area contributed by atoms with Crippen LogP contribution >= 0.6 is 0 Å². The molecular weight excluding hydrogens is 246 g/mol. The Bertz CT molecular complexity index is 588. The van der Waals surface area contributed by atoms with E-state index < -0.39 is 6.16 Å². The molecule has 2 aromatic rings. The first-order chi connectivity index (χ1) is 9.15. The molecule has 0 saturated heterocycles. The number of carbonyl (C=O) groups excluding carboxylic acids is 1. The van der Waals surface area contributed by atoms with E-state index in [1.54, 1.807) is 6.92 Å². The fraction of sp³-hybridized carbons (Fsp3) is 0.357. The zero-order valence-corrected chi connectivity index (χ0v) is 11.1. The number of rotatable bonds is 4. The molecule has 2 N–H and O–H groups in total. The van der Waals surface area contributed by atoms with Gasteiger partial charge in [-0.05, 0) is 44.5 Å². The van der Waals surface area contributed by atoms with Crippen molar-refractivity contribution < 1.29 is 18.7 Å². The summed E-state index contributed by atoms with van der Waals surface area (Å²) >= 11 is 0. The third-order valence-corrected chi connectivity index (χ3v) is 2.83. The topological polar surface area (TPSA) is 74.7 Å². The average molecular weight is 263 g/mol. The minimum absolute atomic E-state index is 0.179. The van der Waals surface area contributed by atoms with Crippen molar-refractivity contribution in [3.63, 3.8) is 0 Å². The summed E-state index contributed by atoms with van der Waals surface area (Å²) in [6.45, 7) is 4.41. The molecule has 1 aromatic heterocycles. The number of carbonyl (C=O) groups is 1. The van der Waals surface area contributed by atoms with Crippen LogP contribution in [0.15, 0.2) is 22.6 Å². The normalized spacial score (nSPS) is 10.7. The molecule has 5 nitrogen and oxygen atoms in total. The van der Waals surface area contributed by atoms with Crippen LogP contribution in [0.25, 0.3) is 11.0 Å². The van der Waals surface area contributed by atoms with Crippen LogP contribution in [0.2, 0.25) is 0 Å². The van der Waals surface area contributed by atoms with Crippen LogP contribution in [0.4, 0.5) is 4.79 Å². The summed E-state index contributed by atoms with van der Waals surface area (Å²) in [7, 11) is 0. The van der Waals surface area contributed by atoms with Crippen LogP contribution in [0.3, 0.4) is 0 Å². The van der Waals surface area contributed by atoms with E-state index in [9.17, 15) is 4.79 Å². The molecule has 0 aliphatic carbocycles. The minimum atomic E-state index is -0.758. The highest BCUT2D eigenvalue weighted by Crippen LogP contribution is 2.32. The van der Waals surface area contributed by atoms with E-state index in [1.807, 2.05) is 25.1 Å². The Balaban J connectivity index is 2.31. The lowest BCUT2D eigenvalue weighted by molar-refractivity contribution is 0.0953. The van der Waals surface area contributed by atoms with E-state index in [2.05, 4.69) is 0 Å². The fourth-order valence-corrected chi connectivity index (χ4v) is 1.89. The number of benzene rings is 1. The van der Waals surface area contributed by atoms with E-state index in [0.717, 1.165) is 22.9 Å². The molecule has 0 aliphatic heterocycles. The highest BCUT2D eigenvalue weighted by atomic mass is 16.8. The molecule has 2 rings (SSSR count). The van der Waals surface area contributed by atoms with E-state index in [0.29, 0.717) is 12.1 Å². The lowest BCUT2D eigenvalue weighted by Crippen LogP contribution is -2.09. The van der Waals surface area contributed by atoms with Crippen molar-refractivity contribution in [2.75, 3.05) is 13.2 Å². The van der Waals surface area contributed by atoms with Gasteiger partial charge >= 0.3 is 6.16 Å². The Labute approximate surface area is 111 Å². The van der Waals surface area contributed by atoms with Gasteiger partial charge in [0.15, 0.2) is 0 Å². The summed E-state index contributed by atoms with van der Waals surface area (Å²) in [5.41, 5.74) is 8.12. The van der Waals surface area contributed by atoms with Crippen molar-refractivity contribution in [1.82, 2.24) is 0 Å². The number of hydrogen-bond donors (Lipinski definition) is 1. The van der Waals surface area contributed by atoms with Crippen LogP contribution in [-0.4, -0.2) is 19.3 Å². The molecule has 19 heavy (non-hydrogen) atoms. The van der Waals surface area contributed by atoms with Crippen LogP contribution in [-0.2, 0) is 11.2 Å². The number of hydrogen-bond acceptors (Lipinski definition) is 5. The standard InChI is InChI=1S/C14H17NO4/c1-3-17-14(16)19-13-9(2)11-8-10(6-7-15)4-5-12(11)18-13/h4-5,8H,3,6-7,15H2,1-2H3. The SMILES string of the molecule is CCOC(=O)Oc1oc2ccc(CCN)cc2c1C. The molecule has 0 spiro atoms. The Kier molecular flexibility index (Phi) is 4.06. The van der Waals surface area contributed by atoms with Gasteiger partial charge in [0.05, 0.1) is 6.61 Å². The maximum atomic E-state index is 11.3. The summed E-state index contributed by atoms with van der Waals surface area (Å²) in [5, 5.41) is 0.922. The monoisotopic (exact) mass is 263 g/mol. The maximum Gasteiger partial charge on any atom is 0.516 e. The van der Waals surface area contributed by atoms with E-state index in [-0.39, 0.29) is 12.6 Å². The summed E-state index contributed by atoms with van der Waals surface area (Å²) in [6.07, 6.45) is 0.0427. The second-order valence-electron chi connectivity index (χ2n) is 4.17. The van der Waals surface area contributed by atoms with Gasteiger partial charge in [0.1, 0.15) is 5.58 Å². The summed E-state index contributed by atoms with van der Waals surface area (Å²) in [4.78, 5) is 11.3. The third-order valence-electron chi connectivity index (χ3n) is 2.83. The molecule has 5 heteroatoms. The van der Waals surface area contributed by atoms with Crippen molar-refractivity contribution in [3.05, 3.63) is 29.3 Å². The van der Waals surface area contributed by atoms with Gasteiger partial charge in [-0.25, -0.2) is 4.79 Å². The molecule has 0 unspecified atom stereocenters. The average Bonchev–Trinajstić information content (AvgIpc) is 2.67. The number of fused-ring (bicyclic) bond motifs is 1. The molecule has 0 atom stereocenters. The molecule has 1 aromatic carbocycles. The van der Waals surface area contributed by atoms with E-state index >= 15 is 0 Å². The lowest BCUT2D eigenvalue weighted by atomic mass is 10.1. The van der Waals surface area contributed by atoms with Gasteiger partial charge in [-0.1, -0.05) is 6.07 Å². The van der Waals surface area contributed by atoms with E-state index in [1.165, 1.54) is 0 Å². The molecule has 0 aliphatic rings. The highest BCUT2D eigenvalue weighted by Gasteiger charge is 2.16. The largest absolute Gasteiger partial charge is 0.516 e. The van der Waals surface area contributed by atoms with E-state index in [4.69, 9.17) is 19.6 Å². The first kappa shape index (κ1) is 13.4. The van der Waals surface area contributed by atoms with Crippen molar-refractivity contribution in [1.29, 1.82) is 0 Å². The first-order valence-electron chi connectivity index (χ1n) is 6.22. The second kappa shape index (κ2) is 5.75. The molecule has 0 amide bonds. The Morgan fingerprint density at radius 1 is 1.42 bits per heavy atom. The second-order valence-corrected chi connectivity index (χ2v) is 4.17. The van der Waals surface area contributed by atoms with Crippen LogP contribution < -0.4 is 10.5 Å². The molecular formula is C14H17NO4. The minimum Gasteiger partial charge on any atom is -0.434 e. The highest BCUT2D eigenvalue weighted by molar-refractivity contribution is 5.84. The van der Waals surface area contributed by atoms with Crippen LogP contribution in [0.1, 0.15) is 18.1 Å². The smallest absolute Gasteiger partial charge is 0.434 e. The zero-order chi connectivity index (χ0) is 13.8. The molecule has 0 fully saturated rings. The Morgan fingerprint density at radius 3 is 2.89 bits per heavy atom. The molecule has 1 heterocycles. The number of nitrogens with two attached hydrogens (primary N) is 1. The predicted molar refractivity (Wildman–Crippen MR) is 71.4 cm³/mol. The van der Waals surface area contributed by atoms with Gasteiger partial charge in [0.25, 0.3) is 5.95 Å². The first-order valence-corrected chi connectivity index (χ1v) is 6.22. The predicted octanol–water partition coefficient (Wildman–Crippen LogP) is 2.78. The fourth-order valence-electron chi connectivity index (χ4n) is 1.89. The van der Waals surface area contributed by atoms with Crippen LogP contribution in [0.5, 0.6) is 5.95 Å². The summed E-state index contributed by atoms with van der Waals surface area (Å²) in [6, 6.07) is 5.80. The van der Waals surface area contributed by atoms with Crippen molar-refractivity contribution >= 4 is 17.1 Å². The Morgan fingerprint density at radius 2 is 2.21 bits per heavy atom. The Hall–Kier alpha value is -2.01. The van der Waals surface area contributed by atoms with Gasteiger partial charge in [-0.2, -0.15) is 0 Å². The summed E-state index contributed by atoms with van der Waals surface area (Å²) in [5.74, 6) is 0.179. The van der Waals surface area contributed by atoms with Crippen LogP contribution in [0, 0.1) is 6.92 Å². The number of furan rings is 1. The zero-order valence-electron chi connectivity index (χ0n) is 11.1. The van der Waals surface area contributed by atoms with Crippen molar-refractivity contribution in [2.45, 2.75) is 20.3 Å². The van der Waals surface area contributed by atoms with Gasteiger partial charge < -0.3 is 19.6 Å². The molecule has 0 saturated carbocycles. The molecule has 0 bridgehead atoms. The quantitative estimate of drug-likeness (QED) is 0.858. The van der Waals surface area contributed by atoms with Crippen molar-refractivity contribution in [2.24, 2.45) is 5.73 Å². The van der Waals surface area contributed by atoms with Gasteiger partial charge in [0, 0.05) is 10.9 Å². The number of aryl methyl sites for hydroxylation is 1. The molecule has 102 valence electrons. The number of ether oxygens (including phenoxy) is 2. The van der Waals surface area contributed by atoms with Gasteiger partial charge in [-0.3, -0.25) is 0 Å². The summed E-state index contributed by atoms with van der Waals surface area (Å²) < 4.78 is 15.2. The third kappa shape index (κ3) is 2.88. The van der Waals surface area contributed by atoms with Crippen molar-refractivity contribution in [3.8, 4) is 5.95 Å². The lowest BCUT2D eigenvalue weighted by Gasteiger charge is -2.00. The van der Waals surface area contributed by atoms with Gasteiger partial charge in [-0.15, -0.1) is 0 Å². The van der Waals surface area contributed by atoms with Gasteiger partial charge in [0.2, 0.25) is 0 Å². The molecule has 0 radical (unpaired) electrons.